The molecular formula is C13H25NO. The topological polar surface area (TPSA) is 32.3 Å². The monoisotopic (exact) mass is 211 g/mol. The number of hydrogen-bond donors (Lipinski definition) is 2. The van der Waals surface area contributed by atoms with Crippen molar-refractivity contribution in [3.05, 3.63) is 0 Å². The van der Waals surface area contributed by atoms with Gasteiger partial charge in [0.1, 0.15) is 0 Å². The van der Waals surface area contributed by atoms with Crippen LogP contribution in [0.25, 0.3) is 0 Å². The van der Waals surface area contributed by atoms with Crippen LogP contribution in [0.4, 0.5) is 0 Å². The van der Waals surface area contributed by atoms with E-state index >= 15 is 0 Å². The zero-order chi connectivity index (χ0) is 10.5. The molecule has 2 nitrogen and oxygen atoms in total. The lowest BCUT2D eigenvalue weighted by atomic mass is 9.87. The second-order valence-corrected chi connectivity index (χ2v) is 5.35. The third kappa shape index (κ3) is 3.46. The fourth-order valence-electron chi connectivity index (χ4n) is 3.13. The molecule has 0 bridgehead atoms. The van der Waals surface area contributed by atoms with Gasteiger partial charge >= 0.3 is 0 Å². The van der Waals surface area contributed by atoms with Crippen LogP contribution in [-0.4, -0.2) is 23.8 Å². The van der Waals surface area contributed by atoms with E-state index in [1.54, 1.807) is 0 Å². The molecule has 2 heteroatoms. The smallest absolute Gasteiger partial charge is 0.0693 e. The van der Waals surface area contributed by atoms with E-state index in [4.69, 9.17) is 0 Å². The van der Waals surface area contributed by atoms with Gasteiger partial charge in [-0.2, -0.15) is 0 Å². The minimum absolute atomic E-state index is 0.0728. The van der Waals surface area contributed by atoms with Gasteiger partial charge in [0.2, 0.25) is 0 Å². The lowest BCUT2D eigenvalue weighted by Crippen LogP contribution is -2.36. The van der Waals surface area contributed by atoms with Crippen molar-refractivity contribution in [3.63, 3.8) is 0 Å². The second-order valence-electron chi connectivity index (χ2n) is 5.35. The number of aliphatic hydroxyl groups is 1. The molecule has 0 spiro atoms. The van der Waals surface area contributed by atoms with Crippen molar-refractivity contribution in [3.8, 4) is 0 Å². The average Bonchev–Trinajstić information content (AvgIpc) is 2.66. The Balaban J connectivity index is 1.57. The van der Waals surface area contributed by atoms with E-state index in [2.05, 4.69) is 5.32 Å². The Morgan fingerprint density at radius 3 is 2.40 bits per heavy atom. The van der Waals surface area contributed by atoms with E-state index in [9.17, 15) is 5.11 Å². The van der Waals surface area contributed by atoms with Crippen molar-refractivity contribution >= 4 is 0 Å². The van der Waals surface area contributed by atoms with E-state index in [0.717, 1.165) is 18.9 Å². The Bertz CT molecular complexity index is 177. The maximum absolute atomic E-state index is 9.66. The molecule has 88 valence electrons. The number of rotatable bonds is 4. The molecule has 0 unspecified atom stereocenters. The van der Waals surface area contributed by atoms with Crippen molar-refractivity contribution in [1.82, 2.24) is 5.32 Å². The van der Waals surface area contributed by atoms with Crippen molar-refractivity contribution in [2.75, 3.05) is 6.54 Å². The van der Waals surface area contributed by atoms with Crippen LogP contribution in [0.1, 0.15) is 57.8 Å². The van der Waals surface area contributed by atoms with Gasteiger partial charge in [0.15, 0.2) is 0 Å². The van der Waals surface area contributed by atoms with Gasteiger partial charge in [-0.25, -0.2) is 0 Å². The minimum atomic E-state index is -0.0728. The molecule has 0 aromatic carbocycles. The summed E-state index contributed by atoms with van der Waals surface area (Å²) >= 11 is 0. The van der Waals surface area contributed by atoms with Crippen LogP contribution in [-0.2, 0) is 0 Å². The fraction of sp³-hybridized carbons (Fsp3) is 1.00. The van der Waals surface area contributed by atoms with Crippen molar-refractivity contribution in [2.24, 2.45) is 5.92 Å². The Morgan fingerprint density at radius 1 is 0.933 bits per heavy atom. The van der Waals surface area contributed by atoms with Crippen LogP contribution < -0.4 is 5.32 Å². The maximum Gasteiger partial charge on any atom is 0.0693 e. The summed E-state index contributed by atoms with van der Waals surface area (Å²) in [6.45, 7) is 1.12. The van der Waals surface area contributed by atoms with Gasteiger partial charge in [0, 0.05) is 6.04 Å². The molecular weight excluding hydrogens is 186 g/mol. The fourth-order valence-corrected chi connectivity index (χ4v) is 3.13. The van der Waals surface area contributed by atoms with Gasteiger partial charge in [-0.15, -0.1) is 0 Å². The van der Waals surface area contributed by atoms with Crippen molar-refractivity contribution < 1.29 is 5.11 Å². The summed E-state index contributed by atoms with van der Waals surface area (Å²) < 4.78 is 0. The first-order chi connectivity index (χ1) is 7.36. The van der Waals surface area contributed by atoms with Crippen LogP contribution in [0.3, 0.4) is 0 Å². The zero-order valence-corrected chi connectivity index (χ0v) is 9.75. The molecule has 0 amide bonds. The minimum Gasteiger partial charge on any atom is -0.392 e. The normalized spacial score (nSPS) is 33.4. The molecule has 15 heavy (non-hydrogen) atoms. The van der Waals surface area contributed by atoms with Crippen LogP contribution in [0.15, 0.2) is 0 Å². The summed E-state index contributed by atoms with van der Waals surface area (Å²) in [5.74, 6) is 0.963. The van der Waals surface area contributed by atoms with E-state index in [1.165, 1.54) is 51.4 Å². The summed E-state index contributed by atoms with van der Waals surface area (Å²) in [5, 5.41) is 13.2. The highest BCUT2D eigenvalue weighted by Gasteiger charge is 2.24. The summed E-state index contributed by atoms with van der Waals surface area (Å²) in [5.41, 5.74) is 0. The maximum atomic E-state index is 9.66. The van der Waals surface area contributed by atoms with Gasteiger partial charge in [0.25, 0.3) is 0 Å². The Hall–Kier alpha value is -0.0800. The van der Waals surface area contributed by atoms with E-state index in [1.807, 2.05) is 0 Å². The molecule has 0 aromatic heterocycles. The van der Waals surface area contributed by atoms with Gasteiger partial charge in [0.05, 0.1) is 6.10 Å². The Morgan fingerprint density at radius 2 is 1.73 bits per heavy atom. The molecule has 2 saturated carbocycles. The molecule has 0 aromatic rings. The van der Waals surface area contributed by atoms with E-state index in [-0.39, 0.29) is 6.10 Å². The number of hydrogen-bond acceptors (Lipinski definition) is 2. The summed E-state index contributed by atoms with van der Waals surface area (Å²) in [6, 6.07) is 0.397. The standard InChI is InChI=1S/C13H25NO/c15-13-8-4-7-12(13)14-10-9-11-5-2-1-3-6-11/h11-15H,1-10H2/t12-,13-/m1/s1. The zero-order valence-electron chi connectivity index (χ0n) is 9.75. The SMILES string of the molecule is O[C@@H]1CCC[C@H]1NCCC1CCCCC1. The van der Waals surface area contributed by atoms with Crippen LogP contribution in [0.5, 0.6) is 0 Å². The van der Waals surface area contributed by atoms with Crippen LogP contribution in [0.2, 0.25) is 0 Å². The van der Waals surface area contributed by atoms with Gasteiger partial charge in [-0.05, 0) is 38.1 Å². The lowest BCUT2D eigenvalue weighted by Gasteiger charge is -2.23. The largest absolute Gasteiger partial charge is 0.392 e. The first-order valence-electron chi connectivity index (χ1n) is 6.78. The highest BCUT2D eigenvalue weighted by molar-refractivity contribution is 4.82. The first kappa shape index (κ1) is 11.4. The summed E-state index contributed by atoms with van der Waals surface area (Å²) in [7, 11) is 0. The van der Waals surface area contributed by atoms with E-state index < -0.39 is 0 Å². The molecule has 2 N–H and O–H groups in total. The second kappa shape index (κ2) is 5.86. The Kier molecular flexibility index (Phi) is 4.45. The van der Waals surface area contributed by atoms with Crippen LogP contribution in [0, 0.1) is 5.92 Å². The number of nitrogens with one attached hydrogen (secondary N) is 1. The van der Waals surface area contributed by atoms with Gasteiger partial charge < -0.3 is 10.4 Å². The molecule has 2 aliphatic rings. The highest BCUT2D eigenvalue weighted by Crippen LogP contribution is 2.26. The van der Waals surface area contributed by atoms with E-state index in [0.29, 0.717) is 6.04 Å². The molecule has 2 fully saturated rings. The van der Waals surface area contributed by atoms with Crippen molar-refractivity contribution in [1.29, 1.82) is 0 Å². The summed E-state index contributed by atoms with van der Waals surface area (Å²) in [6.07, 6.45) is 11.8. The third-order valence-electron chi connectivity index (χ3n) is 4.16. The highest BCUT2D eigenvalue weighted by atomic mass is 16.3. The molecule has 0 saturated heterocycles. The number of aliphatic hydroxyl groups excluding tert-OH is 1. The average molecular weight is 211 g/mol. The quantitative estimate of drug-likeness (QED) is 0.748. The predicted octanol–water partition coefficient (Wildman–Crippen LogP) is 2.46. The predicted molar refractivity (Wildman–Crippen MR) is 62.8 cm³/mol. The Labute approximate surface area is 93.5 Å². The van der Waals surface area contributed by atoms with Gasteiger partial charge in [-0.1, -0.05) is 32.1 Å². The summed E-state index contributed by atoms with van der Waals surface area (Å²) in [4.78, 5) is 0. The molecule has 0 heterocycles. The van der Waals surface area contributed by atoms with Crippen molar-refractivity contribution in [2.45, 2.75) is 69.9 Å². The molecule has 2 aliphatic carbocycles. The lowest BCUT2D eigenvalue weighted by molar-refractivity contribution is 0.147. The third-order valence-corrected chi connectivity index (χ3v) is 4.16. The molecule has 2 rings (SSSR count). The van der Waals surface area contributed by atoms with Gasteiger partial charge in [-0.3, -0.25) is 0 Å². The molecule has 0 radical (unpaired) electrons. The molecule has 0 aliphatic heterocycles. The first-order valence-corrected chi connectivity index (χ1v) is 6.78. The molecule has 2 atom stereocenters. The van der Waals surface area contributed by atoms with Crippen LogP contribution >= 0.6 is 0 Å².